The number of rotatable bonds is 20. The van der Waals surface area contributed by atoms with Gasteiger partial charge in [-0.15, -0.1) is 0 Å². The second-order valence-corrected chi connectivity index (χ2v) is 9.30. The predicted molar refractivity (Wildman–Crippen MR) is 129 cm³/mol. The number of aryl methyl sites for hydroxylation is 2. The Bertz CT molecular complexity index is 629. The lowest BCUT2D eigenvalue weighted by atomic mass is 10.0. The number of carbonyl (C=O) groups excluding carboxylic acids is 1. The van der Waals surface area contributed by atoms with Crippen molar-refractivity contribution in [3.8, 4) is 0 Å². The Hall–Kier alpha value is -1.53. The number of unbranched alkanes of at least 4 members (excludes halogenated alkanes) is 15. The number of hydrogen-bond acceptors (Lipinski definition) is 2. The van der Waals surface area contributed by atoms with E-state index >= 15 is 0 Å². The summed E-state index contributed by atoms with van der Waals surface area (Å²) in [4.78, 5) is 11.9. The average Bonchev–Trinajstić information content (AvgIpc) is 3.15. The molecule has 0 aromatic carbocycles. The van der Waals surface area contributed by atoms with Crippen molar-refractivity contribution in [2.75, 3.05) is 6.54 Å². The van der Waals surface area contributed by atoms with Crippen molar-refractivity contribution >= 4 is 5.91 Å². The normalized spacial score (nSPS) is 11.8. The van der Waals surface area contributed by atoms with E-state index in [4.69, 9.17) is 0 Å². The number of nitrogens with zero attached hydrogens (tertiary/aromatic N) is 2. The van der Waals surface area contributed by atoms with Crippen molar-refractivity contribution in [2.24, 2.45) is 0 Å². The molecule has 192 valence electrons. The minimum atomic E-state index is -4.45. The first-order valence-electron chi connectivity index (χ1n) is 13.2. The molecule has 0 saturated heterocycles. The average molecular weight is 474 g/mol. The van der Waals surface area contributed by atoms with E-state index < -0.39 is 11.9 Å². The van der Waals surface area contributed by atoms with Crippen LogP contribution >= 0.6 is 0 Å². The van der Waals surface area contributed by atoms with Gasteiger partial charge in [0.05, 0.1) is 0 Å². The van der Waals surface area contributed by atoms with Gasteiger partial charge in [0.2, 0.25) is 5.91 Å². The van der Waals surface area contributed by atoms with E-state index in [0.717, 1.165) is 18.9 Å². The fraction of sp³-hybridized carbons (Fsp3) is 0.846. The summed E-state index contributed by atoms with van der Waals surface area (Å²) >= 11 is 0. The Morgan fingerprint density at radius 3 is 1.73 bits per heavy atom. The first-order chi connectivity index (χ1) is 15.8. The quantitative estimate of drug-likeness (QED) is 0.195. The van der Waals surface area contributed by atoms with Gasteiger partial charge in [0.25, 0.3) is 0 Å². The Morgan fingerprint density at radius 2 is 1.30 bits per heavy atom. The zero-order valence-corrected chi connectivity index (χ0v) is 20.9. The topological polar surface area (TPSA) is 46.9 Å². The molecule has 1 rings (SSSR count). The van der Waals surface area contributed by atoms with Crippen molar-refractivity contribution in [3.05, 3.63) is 17.5 Å². The number of aromatic nitrogens is 2. The molecular formula is C26H46F3N3O. The number of amides is 1. The Balaban J connectivity index is 1.88. The highest BCUT2D eigenvalue weighted by Crippen LogP contribution is 2.28. The fourth-order valence-corrected chi connectivity index (χ4v) is 4.07. The molecule has 0 aliphatic carbocycles. The summed E-state index contributed by atoms with van der Waals surface area (Å²) in [6.07, 6.45) is 16.7. The van der Waals surface area contributed by atoms with Gasteiger partial charge in [0, 0.05) is 25.2 Å². The van der Waals surface area contributed by atoms with Crippen LogP contribution in [0.5, 0.6) is 0 Å². The van der Waals surface area contributed by atoms with Crippen molar-refractivity contribution in [2.45, 2.75) is 136 Å². The standard InChI is InChI=1S/C26H46F3N3O/c1-3-4-5-6-7-8-9-10-11-12-13-14-15-16-17-18-20-30-25(33)19-21-32-23(2)22-24(31-32)26(27,28)29/h22H,3-21H2,1-2H3,(H,30,33). The summed E-state index contributed by atoms with van der Waals surface area (Å²) in [6, 6.07) is 1.01. The van der Waals surface area contributed by atoms with Crippen LogP contribution in [0, 0.1) is 6.92 Å². The van der Waals surface area contributed by atoms with Gasteiger partial charge < -0.3 is 5.32 Å². The van der Waals surface area contributed by atoms with Crippen LogP contribution in [0.4, 0.5) is 13.2 Å². The zero-order valence-electron chi connectivity index (χ0n) is 20.9. The third-order valence-corrected chi connectivity index (χ3v) is 6.17. The summed E-state index contributed by atoms with van der Waals surface area (Å²) < 4.78 is 39.3. The van der Waals surface area contributed by atoms with Crippen molar-refractivity contribution in [1.29, 1.82) is 0 Å². The van der Waals surface area contributed by atoms with Crippen molar-refractivity contribution in [3.63, 3.8) is 0 Å². The highest BCUT2D eigenvalue weighted by atomic mass is 19.4. The van der Waals surface area contributed by atoms with E-state index in [1.807, 2.05) is 0 Å². The molecule has 33 heavy (non-hydrogen) atoms. The number of alkyl halides is 3. The molecule has 0 atom stereocenters. The van der Waals surface area contributed by atoms with Crippen LogP contribution in [0.15, 0.2) is 6.07 Å². The first kappa shape index (κ1) is 29.5. The molecule has 0 bridgehead atoms. The first-order valence-corrected chi connectivity index (χ1v) is 13.2. The molecule has 0 radical (unpaired) electrons. The SMILES string of the molecule is CCCCCCCCCCCCCCCCCCNC(=O)CCn1nc(C(F)(F)F)cc1C. The minimum absolute atomic E-state index is 0.138. The highest BCUT2D eigenvalue weighted by molar-refractivity contribution is 5.75. The maximum atomic E-state index is 12.7. The van der Waals surface area contributed by atoms with Crippen LogP contribution in [0.1, 0.15) is 127 Å². The summed E-state index contributed by atoms with van der Waals surface area (Å²) in [5, 5.41) is 6.40. The number of hydrogen-bond donors (Lipinski definition) is 1. The van der Waals surface area contributed by atoms with Gasteiger partial charge in [-0.05, 0) is 19.4 Å². The lowest BCUT2D eigenvalue weighted by Gasteiger charge is -2.07. The molecule has 7 heteroatoms. The molecule has 1 aromatic heterocycles. The maximum Gasteiger partial charge on any atom is 0.435 e. The molecule has 0 fully saturated rings. The van der Waals surface area contributed by atoms with Crippen molar-refractivity contribution in [1.82, 2.24) is 15.1 Å². The highest BCUT2D eigenvalue weighted by Gasteiger charge is 2.34. The third-order valence-electron chi connectivity index (χ3n) is 6.17. The number of halogens is 3. The molecule has 1 amide bonds. The second kappa shape index (κ2) is 17.9. The lowest BCUT2D eigenvalue weighted by molar-refractivity contribution is -0.141. The van der Waals surface area contributed by atoms with Gasteiger partial charge in [0.1, 0.15) is 0 Å². The monoisotopic (exact) mass is 473 g/mol. The summed E-state index contributed by atoms with van der Waals surface area (Å²) in [7, 11) is 0. The van der Waals surface area contributed by atoms with Gasteiger partial charge in [-0.3, -0.25) is 9.48 Å². The summed E-state index contributed by atoms with van der Waals surface area (Å²) in [5.41, 5.74) is -0.499. The van der Waals surface area contributed by atoms with Crippen LogP contribution < -0.4 is 5.32 Å². The Kier molecular flexibility index (Phi) is 16.0. The van der Waals surface area contributed by atoms with Crippen molar-refractivity contribution < 1.29 is 18.0 Å². The molecule has 1 aromatic rings. The lowest BCUT2D eigenvalue weighted by Crippen LogP contribution is -2.25. The van der Waals surface area contributed by atoms with Gasteiger partial charge in [0.15, 0.2) is 5.69 Å². The minimum Gasteiger partial charge on any atom is -0.356 e. The van der Waals surface area contributed by atoms with Crippen LogP contribution in [0.3, 0.4) is 0 Å². The molecule has 0 aliphatic rings. The Morgan fingerprint density at radius 1 is 0.848 bits per heavy atom. The van der Waals surface area contributed by atoms with Crippen LogP contribution in [0.2, 0.25) is 0 Å². The molecule has 0 saturated carbocycles. The van der Waals surface area contributed by atoms with E-state index in [-0.39, 0.29) is 18.9 Å². The number of nitrogens with one attached hydrogen (secondary N) is 1. The van der Waals surface area contributed by atoms with Crippen LogP contribution in [0.25, 0.3) is 0 Å². The van der Waals surface area contributed by atoms with E-state index in [1.54, 1.807) is 6.92 Å². The molecule has 4 nitrogen and oxygen atoms in total. The van der Waals surface area contributed by atoms with Gasteiger partial charge in [-0.2, -0.15) is 18.3 Å². The predicted octanol–water partition coefficient (Wildman–Crippen LogP) is 7.98. The maximum absolute atomic E-state index is 12.7. The molecule has 1 heterocycles. The van der Waals surface area contributed by atoms with Crippen LogP contribution in [-0.4, -0.2) is 22.2 Å². The van der Waals surface area contributed by atoms with E-state index in [0.29, 0.717) is 12.2 Å². The fourth-order valence-electron chi connectivity index (χ4n) is 4.07. The molecule has 0 spiro atoms. The molecule has 1 N–H and O–H groups in total. The van der Waals surface area contributed by atoms with Gasteiger partial charge in [-0.1, -0.05) is 103 Å². The molecule has 0 aliphatic heterocycles. The zero-order chi connectivity index (χ0) is 24.4. The second-order valence-electron chi connectivity index (χ2n) is 9.30. The molecular weight excluding hydrogens is 427 g/mol. The number of carbonyl (C=O) groups is 1. The largest absolute Gasteiger partial charge is 0.435 e. The summed E-state index contributed by atoms with van der Waals surface area (Å²) in [6.45, 7) is 4.62. The Labute approximate surface area is 199 Å². The van der Waals surface area contributed by atoms with E-state index in [1.165, 1.54) is 94.6 Å². The third kappa shape index (κ3) is 15.1. The van der Waals surface area contributed by atoms with E-state index in [9.17, 15) is 18.0 Å². The van der Waals surface area contributed by atoms with Crippen LogP contribution in [-0.2, 0) is 17.5 Å². The summed E-state index contributed by atoms with van der Waals surface area (Å²) in [5.74, 6) is -0.139. The smallest absolute Gasteiger partial charge is 0.356 e. The molecule has 0 unspecified atom stereocenters. The van der Waals surface area contributed by atoms with Gasteiger partial charge >= 0.3 is 6.18 Å². The van der Waals surface area contributed by atoms with E-state index in [2.05, 4.69) is 17.3 Å². The van der Waals surface area contributed by atoms with Gasteiger partial charge in [-0.25, -0.2) is 0 Å².